The summed E-state index contributed by atoms with van der Waals surface area (Å²) in [6.07, 6.45) is 0. The zero-order chi connectivity index (χ0) is 18.1. The second-order valence-electron chi connectivity index (χ2n) is 6.77. The molecule has 1 N–H and O–H groups in total. The minimum atomic E-state index is -0.267. The fourth-order valence-corrected chi connectivity index (χ4v) is 3.67. The van der Waals surface area contributed by atoms with Crippen LogP contribution in [-0.2, 0) is 4.74 Å². The molecule has 6 heteroatoms. The molecule has 1 aromatic heterocycles. The average Bonchev–Trinajstić information content (AvgIpc) is 2.62. The summed E-state index contributed by atoms with van der Waals surface area (Å²) in [6.45, 7) is 6.47. The van der Waals surface area contributed by atoms with Gasteiger partial charge in [-0.2, -0.15) is 0 Å². The highest BCUT2D eigenvalue weighted by Crippen LogP contribution is 2.33. The number of hydrogen-bond donors (Lipinski definition) is 1. The number of aromatic nitrogens is 1. The topological polar surface area (TPSA) is 37.4 Å². The van der Waals surface area contributed by atoms with Gasteiger partial charge in [0.2, 0.25) is 0 Å². The molecule has 0 spiro atoms. The number of ether oxygens (including phenoxy) is 1. The summed E-state index contributed by atoms with van der Waals surface area (Å²) in [6, 6.07) is 10.5. The van der Waals surface area contributed by atoms with E-state index < -0.39 is 0 Å². The van der Waals surface area contributed by atoms with E-state index in [9.17, 15) is 4.39 Å². The van der Waals surface area contributed by atoms with Crippen LogP contribution < -0.4 is 5.32 Å². The van der Waals surface area contributed by atoms with Crippen LogP contribution in [0.3, 0.4) is 0 Å². The molecule has 1 aliphatic rings. The zero-order valence-electron chi connectivity index (χ0n) is 14.6. The molecule has 1 aliphatic heterocycles. The van der Waals surface area contributed by atoms with Crippen molar-refractivity contribution in [1.29, 1.82) is 0 Å². The number of fused-ring (bicyclic) bond motifs is 2. The highest BCUT2D eigenvalue weighted by Gasteiger charge is 2.16. The van der Waals surface area contributed by atoms with E-state index in [-0.39, 0.29) is 11.9 Å². The van der Waals surface area contributed by atoms with Gasteiger partial charge in [-0.15, -0.1) is 0 Å². The summed E-state index contributed by atoms with van der Waals surface area (Å²) in [5.41, 5.74) is 2.46. The molecule has 26 heavy (non-hydrogen) atoms. The van der Waals surface area contributed by atoms with Gasteiger partial charge in [0.05, 0.1) is 29.9 Å². The number of rotatable bonds is 4. The van der Waals surface area contributed by atoms with E-state index in [4.69, 9.17) is 16.3 Å². The summed E-state index contributed by atoms with van der Waals surface area (Å²) in [5, 5.41) is 5.96. The number of anilines is 1. The van der Waals surface area contributed by atoms with Crippen LogP contribution in [0, 0.1) is 5.82 Å². The second-order valence-corrected chi connectivity index (χ2v) is 7.20. The van der Waals surface area contributed by atoms with Gasteiger partial charge < -0.3 is 10.1 Å². The van der Waals surface area contributed by atoms with Crippen molar-refractivity contribution in [1.82, 2.24) is 9.88 Å². The third-order valence-electron chi connectivity index (χ3n) is 4.72. The van der Waals surface area contributed by atoms with E-state index in [0.29, 0.717) is 5.02 Å². The molecule has 1 fully saturated rings. The van der Waals surface area contributed by atoms with Crippen LogP contribution in [0.25, 0.3) is 21.8 Å². The molecule has 2 heterocycles. The van der Waals surface area contributed by atoms with Gasteiger partial charge >= 0.3 is 0 Å². The van der Waals surface area contributed by atoms with Gasteiger partial charge in [-0.1, -0.05) is 11.6 Å². The minimum Gasteiger partial charge on any atom is -0.380 e. The Hall–Kier alpha value is -1.95. The molecule has 0 amide bonds. The van der Waals surface area contributed by atoms with Gasteiger partial charge in [0.1, 0.15) is 5.82 Å². The quantitative estimate of drug-likeness (QED) is 0.691. The minimum absolute atomic E-state index is 0.195. The van der Waals surface area contributed by atoms with Crippen molar-refractivity contribution in [2.24, 2.45) is 0 Å². The number of nitrogens with zero attached hydrogens (tertiary/aromatic N) is 2. The van der Waals surface area contributed by atoms with Crippen molar-refractivity contribution in [3.63, 3.8) is 0 Å². The number of hydrogen-bond acceptors (Lipinski definition) is 4. The molecule has 3 aromatic rings. The van der Waals surface area contributed by atoms with Crippen LogP contribution >= 0.6 is 11.6 Å². The van der Waals surface area contributed by atoms with Crippen molar-refractivity contribution >= 4 is 39.1 Å². The Bertz CT molecular complexity index is 943. The highest BCUT2D eigenvalue weighted by atomic mass is 35.5. The van der Waals surface area contributed by atoms with E-state index in [1.165, 1.54) is 6.07 Å². The van der Waals surface area contributed by atoms with Gasteiger partial charge in [0, 0.05) is 41.5 Å². The number of pyridine rings is 1. The molecule has 1 saturated heterocycles. The third-order valence-corrected chi connectivity index (χ3v) is 4.96. The number of halogens is 2. The lowest BCUT2D eigenvalue weighted by Crippen LogP contribution is -2.42. The maximum atomic E-state index is 13.9. The Morgan fingerprint density at radius 1 is 1.15 bits per heavy atom. The molecular weight excluding hydrogens is 353 g/mol. The van der Waals surface area contributed by atoms with Crippen LogP contribution in [0.1, 0.15) is 6.92 Å². The summed E-state index contributed by atoms with van der Waals surface area (Å²) >= 11 is 6.14. The highest BCUT2D eigenvalue weighted by molar-refractivity contribution is 6.31. The summed E-state index contributed by atoms with van der Waals surface area (Å²) < 4.78 is 19.3. The molecular formula is C20H21ClFN3O. The lowest BCUT2D eigenvalue weighted by atomic mass is 10.1. The first kappa shape index (κ1) is 17.5. The molecule has 1 atom stereocenters. The van der Waals surface area contributed by atoms with Gasteiger partial charge in [-0.3, -0.25) is 4.90 Å². The van der Waals surface area contributed by atoms with Crippen LogP contribution in [0.5, 0.6) is 0 Å². The first-order chi connectivity index (χ1) is 12.6. The largest absolute Gasteiger partial charge is 0.380 e. The van der Waals surface area contributed by atoms with Gasteiger partial charge in [-0.05, 0) is 43.3 Å². The molecule has 1 unspecified atom stereocenters. The third kappa shape index (κ3) is 3.61. The summed E-state index contributed by atoms with van der Waals surface area (Å²) in [7, 11) is 0. The molecule has 4 rings (SSSR count). The van der Waals surface area contributed by atoms with Gasteiger partial charge in [-0.25, -0.2) is 9.37 Å². The van der Waals surface area contributed by atoms with E-state index in [2.05, 4.69) is 22.1 Å². The first-order valence-electron chi connectivity index (χ1n) is 8.85. The van der Waals surface area contributed by atoms with Crippen molar-refractivity contribution in [3.8, 4) is 0 Å². The molecule has 0 radical (unpaired) electrons. The number of morpholine rings is 1. The molecule has 0 aliphatic carbocycles. The van der Waals surface area contributed by atoms with Crippen LogP contribution in [0.2, 0.25) is 5.02 Å². The van der Waals surface area contributed by atoms with E-state index in [1.807, 2.05) is 18.2 Å². The SMILES string of the molecule is CC(CN1CCOCC1)Nc1c2ccc(Cl)cc2nc2ccc(F)cc12. The smallest absolute Gasteiger partial charge is 0.124 e. The van der Waals surface area contributed by atoms with Crippen LogP contribution in [-0.4, -0.2) is 48.8 Å². The van der Waals surface area contributed by atoms with E-state index in [1.54, 1.807) is 12.1 Å². The van der Waals surface area contributed by atoms with Crippen molar-refractivity contribution in [2.45, 2.75) is 13.0 Å². The molecule has 0 bridgehead atoms. The predicted molar refractivity (Wildman–Crippen MR) is 105 cm³/mol. The van der Waals surface area contributed by atoms with Crippen LogP contribution in [0.15, 0.2) is 36.4 Å². The Morgan fingerprint density at radius 3 is 2.77 bits per heavy atom. The molecule has 4 nitrogen and oxygen atoms in total. The van der Waals surface area contributed by atoms with Crippen molar-refractivity contribution in [2.75, 3.05) is 38.2 Å². The van der Waals surface area contributed by atoms with Gasteiger partial charge in [0.15, 0.2) is 0 Å². The average molecular weight is 374 g/mol. The van der Waals surface area contributed by atoms with E-state index >= 15 is 0 Å². The predicted octanol–water partition coefficient (Wildman–Crippen LogP) is 4.31. The maximum Gasteiger partial charge on any atom is 0.124 e. The summed E-state index contributed by atoms with van der Waals surface area (Å²) in [4.78, 5) is 7.02. The standard InChI is InChI=1S/C20H21ClFN3O/c1-13(12-25-6-8-26-9-7-25)23-20-16-4-2-14(21)10-19(16)24-18-5-3-15(22)11-17(18)20/h2-5,10-11,13H,6-9,12H2,1H3,(H,23,24). The van der Waals surface area contributed by atoms with E-state index in [0.717, 1.165) is 60.3 Å². The molecule has 136 valence electrons. The normalized spacial score (nSPS) is 16.9. The fraction of sp³-hybridized carbons (Fsp3) is 0.350. The number of benzene rings is 2. The second kappa shape index (κ2) is 7.35. The van der Waals surface area contributed by atoms with Gasteiger partial charge in [0.25, 0.3) is 0 Å². The summed E-state index contributed by atoms with van der Waals surface area (Å²) in [5.74, 6) is -0.267. The first-order valence-corrected chi connectivity index (χ1v) is 9.23. The van der Waals surface area contributed by atoms with Crippen molar-refractivity contribution in [3.05, 3.63) is 47.2 Å². The zero-order valence-corrected chi connectivity index (χ0v) is 15.4. The Kier molecular flexibility index (Phi) is 4.94. The Labute approximate surface area is 156 Å². The maximum absolute atomic E-state index is 13.9. The van der Waals surface area contributed by atoms with Crippen LogP contribution in [0.4, 0.5) is 10.1 Å². The lowest BCUT2D eigenvalue weighted by molar-refractivity contribution is 0.0368. The Morgan fingerprint density at radius 2 is 1.96 bits per heavy atom. The number of nitrogens with one attached hydrogen (secondary N) is 1. The van der Waals surface area contributed by atoms with Crippen molar-refractivity contribution < 1.29 is 9.13 Å². The molecule has 2 aromatic carbocycles. The molecule has 0 saturated carbocycles. The monoisotopic (exact) mass is 373 g/mol. The lowest BCUT2D eigenvalue weighted by Gasteiger charge is -2.30. The fourth-order valence-electron chi connectivity index (χ4n) is 3.51. The Balaban J connectivity index is 1.73.